The van der Waals surface area contributed by atoms with E-state index in [9.17, 15) is 0 Å². The Morgan fingerprint density at radius 1 is 0.486 bits per heavy atom. The van der Waals surface area contributed by atoms with Crippen molar-refractivity contribution < 1.29 is 4.42 Å². The number of nitrogens with zero attached hydrogens (tertiary/aromatic N) is 2. The van der Waals surface area contributed by atoms with E-state index in [0.717, 1.165) is 71.5 Å². The number of pyridine rings is 2. The van der Waals surface area contributed by atoms with Crippen molar-refractivity contribution in [2.24, 2.45) is 0 Å². The zero-order valence-electron chi connectivity index (χ0n) is 19.8. The van der Waals surface area contributed by atoms with Crippen molar-refractivity contribution in [1.82, 2.24) is 9.97 Å². The van der Waals surface area contributed by atoms with E-state index in [1.807, 2.05) is 24.4 Å². The lowest BCUT2D eigenvalue weighted by Crippen LogP contribution is -1.90. The summed E-state index contributed by atoms with van der Waals surface area (Å²) >= 11 is 0. The molecular formula is C34H20N2O. The van der Waals surface area contributed by atoms with Crippen molar-refractivity contribution in [2.75, 3.05) is 0 Å². The maximum Gasteiger partial charge on any atom is 0.143 e. The number of rotatable bonds is 2. The molecule has 0 aliphatic rings. The second kappa shape index (κ2) is 7.74. The zero-order chi connectivity index (χ0) is 24.3. The van der Waals surface area contributed by atoms with E-state index < -0.39 is 0 Å². The summed E-state index contributed by atoms with van der Waals surface area (Å²) in [4.78, 5) is 9.88. The molecule has 5 aromatic carbocycles. The molecule has 0 radical (unpaired) electrons. The molecular weight excluding hydrogens is 452 g/mol. The molecule has 0 saturated heterocycles. The number of furan rings is 1. The van der Waals surface area contributed by atoms with Crippen LogP contribution in [0.5, 0.6) is 0 Å². The molecule has 37 heavy (non-hydrogen) atoms. The van der Waals surface area contributed by atoms with Gasteiger partial charge < -0.3 is 4.42 Å². The number of benzene rings is 5. The minimum absolute atomic E-state index is 0.913. The molecule has 3 aromatic heterocycles. The van der Waals surface area contributed by atoms with Gasteiger partial charge in [0.25, 0.3) is 0 Å². The molecule has 172 valence electrons. The van der Waals surface area contributed by atoms with Gasteiger partial charge in [0.05, 0.1) is 16.7 Å². The number of hydrogen-bond acceptors (Lipinski definition) is 3. The number of hydrogen-bond donors (Lipinski definition) is 0. The maximum absolute atomic E-state index is 6.25. The molecule has 0 fully saturated rings. The topological polar surface area (TPSA) is 38.9 Å². The van der Waals surface area contributed by atoms with E-state index in [2.05, 4.69) is 97.1 Å². The van der Waals surface area contributed by atoms with E-state index in [-0.39, 0.29) is 0 Å². The molecule has 0 amide bonds. The quantitative estimate of drug-likeness (QED) is 0.235. The Balaban J connectivity index is 1.25. The standard InChI is InChI=1S/C34H20N2O/c1-2-7-25-24(6-1)20-35-33-28(25)18-16-23-17-19-30(36-32(23)33)22-14-12-21(13-15-22)26-9-5-10-29-27-8-3-4-11-31(27)37-34(26)29/h1-20H. The Kier molecular flexibility index (Phi) is 4.23. The van der Waals surface area contributed by atoms with Gasteiger partial charge in [-0.25, -0.2) is 4.98 Å². The molecule has 8 aromatic rings. The average Bonchev–Trinajstić information content (AvgIpc) is 3.36. The van der Waals surface area contributed by atoms with Gasteiger partial charge >= 0.3 is 0 Å². The lowest BCUT2D eigenvalue weighted by atomic mass is 10.00. The van der Waals surface area contributed by atoms with Crippen molar-refractivity contribution in [2.45, 2.75) is 0 Å². The first-order valence-corrected chi connectivity index (χ1v) is 12.4. The summed E-state index contributed by atoms with van der Waals surface area (Å²) in [6, 6.07) is 40.0. The van der Waals surface area contributed by atoms with Gasteiger partial charge in [0.15, 0.2) is 0 Å². The molecule has 3 heteroatoms. The number of aromatic nitrogens is 2. The molecule has 0 aliphatic carbocycles. The van der Waals surface area contributed by atoms with Gasteiger partial charge in [0.1, 0.15) is 11.2 Å². The highest BCUT2D eigenvalue weighted by Gasteiger charge is 2.13. The van der Waals surface area contributed by atoms with Gasteiger partial charge in [-0.05, 0) is 23.1 Å². The number of para-hydroxylation sites is 2. The van der Waals surface area contributed by atoms with E-state index in [1.54, 1.807) is 0 Å². The van der Waals surface area contributed by atoms with Crippen molar-refractivity contribution in [1.29, 1.82) is 0 Å². The third-order valence-corrected chi connectivity index (χ3v) is 7.32. The molecule has 0 spiro atoms. The highest BCUT2D eigenvalue weighted by molar-refractivity contribution is 6.14. The van der Waals surface area contributed by atoms with Crippen LogP contribution in [0.15, 0.2) is 126 Å². The Morgan fingerprint density at radius 2 is 1.24 bits per heavy atom. The molecule has 8 rings (SSSR count). The molecule has 0 atom stereocenters. The first-order valence-electron chi connectivity index (χ1n) is 12.4. The fourth-order valence-electron chi connectivity index (χ4n) is 5.47. The first kappa shape index (κ1) is 20.2. The van der Waals surface area contributed by atoms with Gasteiger partial charge in [-0.2, -0.15) is 0 Å². The smallest absolute Gasteiger partial charge is 0.143 e. The lowest BCUT2D eigenvalue weighted by Gasteiger charge is -2.09. The molecule has 0 aliphatic heterocycles. The average molecular weight is 473 g/mol. The SMILES string of the molecule is c1ccc2c(c1)cnc1c2ccc2ccc(-c3ccc(-c4cccc5c4oc4ccccc45)cc3)nc21. The van der Waals surface area contributed by atoms with Gasteiger partial charge in [-0.15, -0.1) is 0 Å². The predicted octanol–water partition coefficient (Wildman–Crippen LogP) is 9.17. The highest BCUT2D eigenvalue weighted by Crippen LogP contribution is 2.36. The monoisotopic (exact) mass is 472 g/mol. The van der Waals surface area contributed by atoms with Crippen LogP contribution in [0.4, 0.5) is 0 Å². The zero-order valence-corrected chi connectivity index (χ0v) is 19.8. The summed E-state index contributed by atoms with van der Waals surface area (Å²) in [5.74, 6) is 0. The molecule has 3 nitrogen and oxygen atoms in total. The summed E-state index contributed by atoms with van der Waals surface area (Å²) in [6.07, 6.45) is 1.94. The van der Waals surface area contributed by atoms with E-state index >= 15 is 0 Å². The van der Waals surface area contributed by atoms with E-state index in [0.29, 0.717) is 0 Å². The van der Waals surface area contributed by atoms with Crippen LogP contribution >= 0.6 is 0 Å². The molecule has 0 N–H and O–H groups in total. The largest absolute Gasteiger partial charge is 0.455 e. The fraction of sp³-hybridized carbons (Fsp3) is 0. The predicted molar refractivity (Wildman–Crippen MR) is 153 cm³/mol. The van der Waals surface area contributed by atoms with Gasteiger partial charge in [0, 0.05) is 44.3 Å². The van der Waals surface area contributed by atoms with Crippen molar-refractivity contribution in [3.05, 3.63) is 121 Å². The summed E-state index contributed by atoms with van der Waals surface area (Å²) < 4.78 is 6.25. The summed E-state index contributed by atoms with van der Waals surface area (Å²) in [7, 11) is 0. The second-order valence-electron chi connectivity index (χ2n) is 9.43. The van der Waals surface area contributed by atoms with Crippen LogP contribution in [-0.2, 0) is 0 Å². The lowest BCUT2D eigenvalue weighted by molar-refractivity contribution is 0.670. The molecule has 3 heterocycles. The molecule has 0 unspecified atom stereocenters. The minimum Gasteiger partial charge on any atom is -0.455 e. The highest BCUT2D eigenvalue weighted by atomic mass is 16.3. The van der Waals surface area contributed by atoms with Gasteiger partial charge in [-0.1, -0.05) is 103 Å². The van der Waals surface area contributed by atoms with Gasteiger partial charge in [-0.3, -0.25) is 4.98 Å². The summed E-state index contributed by atoms with van der Waals surface area (Å²) in [5.41, 5.74) is 7.91. The Morgan fingerprint density at radius 3 is 2.16 bits per heavy atom. The Labute approximate surface area is 212 Å². The summed E-state index contributed by atoms with van der Waals surface area (Å²) in [5, 5.41) is 6.84. The Bertz CT molecular complexity index is 2140. The van der Waals surface area contributed by atoms with Crippen LogP contribution in [0.1, 0.15) is 0 Å². The van der Waals surface area contributed by atoms with Crippen molar-refractivity contribution >= 4 is 54.5 Å². The fourth-order valence-corrected chi connectivity index (χ4v) is 5.47. The van der Waals surface area contributed by atoms with Crippen LogP contribution in [-0.4, -0.2) is 9.97 Å². The Hall–Kier alpha value is -5.02. The van der Waals surface area contributed by atoms with Crippen LogP contribution < -0.4 is 0 Å². The third kappa shape index (κ3) is 3.08. The van der Waals surface area contributed by atoms with Crippen LogP contribution in [0.25, 0.3) is 76.9 Å². The minimum atomic E-state index is 0.913. The van der Waals surface area contributed by atoms with Crippen molar-refractivity contribution in [3.63, 3.8) is 0 Å². The number of fused-ring (bicyclic) bond motifs is 8. The van der Waals surface area contributed by atoms with Crippen LogP contribution in [0, 0.1) is 0 Å². The van der Waals surface area contributed by atoms with Crippen molar-refractivity contribution in [3.8, 4) is 22.4 Å². The van der Waals surface area contributed by atoms with Crippen LogP contribution in [0.3, 0.4) is 0 Å². The molecule has 0 bridgehead atoms. The second-order valence-corrected chi connectivity index (χ2v) is 9.43. The van der Waals surface area contributed by atoms with Gasteiger partial charge in [0.2, 0.25) is 0 Å². The summed E-state index contributed by atoms with van der Waals surface area (Å²) in [6.45, 7) is 0. The van der Waals surface area contributed by atoms with E-state index in [4.69, 9.17) is 14.4 Å². The maximum atomic E-state index is 6.25. The van der Waals surface area contributed by atoms with Crippen LogP contribution in [0.2, 0.25) is 0 Å². The first-order chi connectivity index (χ1) is 18.3. The molecule has 0 saturated carbocycles. The van der Waals surface area contributed by atoms with E-state index in [1.165, 1.54) is 5.39 Å². The normalized spacial score (nSPS) is 11.8. The third-order valence-electron chi connectivity index (χ3n) is 7.32.